The number of rotatable bonds is 3. The van der Waals surface area contributed by atoms with Crippen LogP contribution in [-0.4, -0.2) is 10.2 Å². The molecule has 1 aromatic heterocycles. The normalized spacial score (nSPS) is 10.8. The third-order valence-corrected chi connectivity index (χ3v) is 4.01. The van der Waals surface area contributed by atoms with Gasteiger partial charge in [0, 0.05) is 16.3 Å². The van der Waals surface area contributed by atoms with Crippen LogP contribution in [0.1, 0.15) is 5.56 Å². The highest BCUT2D eigenvalue weighted by molar-refractivity contribution is 5.97. The lowest BCUT2D eigenvalue weighted by atomic mass is 10.1. The molecule has 0 spiro atoms. The molecule has 0 aliphatic heterocycles. The molecule has 3 nitrogen and oxygen atoms in total. The van der Waals surface area contributed by atoms with Gasteiger partial charge in [0.25, 0.3) is 0 Å². The standard InChI is InChI=1S/C21H15FN2O/c1-14-6-12-17(13-7-14)25-21-19-5-3-2-4-18(19)20(23-24-21)15-8-10-16(22)11-9-15/h2-13H,1H3. The van der Waals surface area contributed by atoms with E-state index in [4.69, 9.17) is 4.74 Å². The van der Waals surface area contributed by atoms with Gasteiger partial charge in [0.1, 0.15) is 17.3 Å². The highest BCUT2D eigenvalue weighted by Gasteiger charge is 2.12. The molecule has 0 saturated heterocycles. The van der Waals surface area contributed by atoms with Gasteiger partial charge in [-0.05, 0) is 49.4 Å². The fraction of sp³-hybridized carbons (Fsp3) is 0.0476. The number of benzene rings is 3. The lowest BCUT2D eigenvalue weighted by molar-refractivity contribution is 0.462. The van der Waals surface area contributed by atoms with E-state index >= 15 is 0 Å². The minimum Gasteiger partial charge on any atom is -0.437 e. The van der Waals surface area contributed by atoms with Gasteiger partial charge in [-0.2, -0.15) is 0 Å². The molecule has 0 aliphatic rings. The molecule has 0 amide bonds. The first-order valence-corrected chi connectivity index (χ1v) is 7.96. The monoisotopic (exact) mass is 330 g/mol. The molecule has 0 N–H and O–H groups in total. The van der Waals surface area contributed by atoms with Gasteiger partial charge in [-0.15, -0.1) is 10.2 Å². The van der Waals surface area contributed by atoms with Crippen molar-refractivity contribution in [3.05, 3.63) is 84.2 Å². The van der Waals surface area contributed by atoms with Gasteiger partial charge in [-0.1, -0.05) is 35.9 Å². The average Bonchev–Trinajstić information content (AvgIpc) is 2.65. The molecule has 0 bridgehead atoms. The smallest absolute Gasteiger partial charge is 0.246 e. The summed E-state index contributed by atoms with van der Waals surface area (Å²) in [6.45, 7) is 2.02. The van der Waals surface area contributed by atoms with Crippen LogP contribution in [0.4, 0.5) is 4.39 Å². The van der Waals surface area contributed by atoms with Crippen LogP contribution >= 0.6 is 0 Å². The van der Waals surface area contributed by atoms with Crippen LogP contribution in [0.25, 0.3) is 22.0 Å². The van der Waals surface area contributed by atoms with E-state index in [0.29, 0.717) is 17.3 Å². The number of hydrogen-bond acceptors (Lipinski definition) is 3. The summed E-state index contributed by atoms with van der Waals surface area (Å²) in [5, 5.41) is 10.3. The highest BCUT2D eigenvalue weighted by atomic mass is 19.1. The molecular weight excluding hydrogens is 315 g/mol. The Balaban J connectivity index is 1.81. The summed E-state index contributed by atoms with van der Waals surface area (Å²) in [6.07, 6.45) is 0. The first-order valence-electron chi connectivity index (χ1n) is 7.96. The molecule has 0 unspecified atom stereocenters. The number of aromatic nitrogens is 2. The zero-order chi connectivity index (χ0) is 17.2. The summed E-state index contributed by atoms with van der Waals surface area (Å²) < 4.78 is 19.1. The van der Waals surface area contributed by atoms with Gasteiger partial charge in [0.15, 0.2) is 0 Å². The van der Waals surface area contributed by atoms with Crippen molar-refractivity contribution in [2.24, 2.45) is 0 Å². The van der Waals surface area contributed by atoms with Crippen molar-refractivity contribution >= 4 is 10.8 Å². The van der Waals surface area contributed by atoms with Gasteiger partial charge in [-0.3, -0.25) is 0 Å². The Hall–Kier alpha value is -3.27. The molecule has 4 rings (SSSR count). The molecule has 0 aliphatic carbocycles. The molecule has 25 heavy (non-hydrogen) atoms. The van der Waals surface area contributed by atoms with Crippen molar-refractivity contribution in [2.75, 3.05) is 0 Å². The Kier molecular flexibility index (Phi) is 3.86. The number of aryl methyl sites for hydroxylation is 1. The van der Waals surface area contributed by atoms with E-state index in [9.17, 15) is 4.39 Å². The van der Waals surface area contributed by atoms with Gasteiger partial charge in [0.2, 0.25) is 5.88 Å². The van der Waals surface area contributed by atoms with Gasteiger partial charge in [-0.25, -0.2) is 4.39 Å². The predicted octanol–water partition coefficient (Wildman–Crippen LogP) is 5.54. The van der Waals surface area contributed by atoms with Crippen LogP contribution < -0.4 is 4.74 Å². The first-order chi connectivity index (χ1) is 12.2. The Labute approximate surface area is 144 Å². The second-order valence-corrected chi connectivity index (χ2v) is 5.82. The van der Waals surface area contributed by atoms with Crippen molar-refractivity contribution in [3.8, 4) is 22.9 Å². The van der Waals surface area contributed by atoms with E-state index in [2.05, 4.69) is 10.2 Å². The van der Waals surface area contributed by atoms with Crippen LogP contribution in [0.2, 0.25) is 0 Å². The summed E-state index contributed by atoms with van der Waals surface area (Å²) in [5.74, 6) is 0.880. The van der Waals surface area contributed by atoms with Crippen LogP contribution in [0.3, 0.4) is 0 Å². The third kappa shape index (κ3) is 3.06. The van der Waals surface area contributed by atoms with E-state index in [-0.39, 0.29) is 5.82 Å². The van der Waals surface area contributed by atoms with Crippen molar-refractivity contribution in [1.82, 2.24) is 10.2 Å². The lowest BCUT2D eigenvalue weighted by Crippen LogP contribution is -1.96. The molecule has 1 heterocycles. The quantitative estimate of drug-likeness (QED) is 0.495. The topological polar surface area (TPSA) is 35.0 Å². The second kappa shape index (κ2) is 6.32. The number of hydrogen-bond donors (Lipinski definition) is 0. The fourth-order valence-electron chi connectivity index (χ4n) is 2.69. The van der Waals surface area contributed by atoms with E-state index in [1.54, 1.807) is 12.1 Å². The molecule has 0 saturated carbocycles. The van der Waals surface area contributed by atoms with Gasteiger partial charge >= 0.3 is 0 Å². The molecule has 122 valence electrons. The molecule has 4 aromatic rings. The first kappa shape index (κ1) is 15.3. The van der Waals surface area contributed by atoms with Crippen LogP contribution in [0, 0.1) is 12.7 Å². The minimum atomic E-state index is -0.277. The number of ether oxygens (including phenoxy) is 1. The Morgan fingerprint density at radius 2 is 1.44 bits per heavy atom. The molecule has 0 atom stereocenters. The summed E-state index contributed by atoms with van der Waals surface area (Å²) in [4.78, 5) is 0. The number of nitrogens with zero attached hydrogens (tertiary/aromatic N) is 2. The van der Waals surface area contributed by atoms with Crippen molar-refractivity contribution in [2.45, 2.75) is 6.92 Å². The number of halogens is 1. The van der Waals surface area contributed by atoms with Gasteiger partial charge in [0.05, 0.1) is 0 Å². The summed E-state index contributed by atoms with van der Waals surface area (Å²) in [7, 11) is 0. The zero-order valence-electron chi connectivity index (χ0n) is 13.6. The molecule has 3 aromatic carbocycles. The summed E-state index contributed by atoms with van der Waals surface area (Å²) >= 11 is 0. The molecular formula is C21H15FN2O. The third-order valence-electron chi connectivity index (χ3n) is 4.01. The average molecular weight is 330 g/mol. The number of fused-ring (bicyclic) bond motifs is 1. The lowest BCUT2D eigenvalue weighted by Gasteiger charge is -2.10. The molecule has 0 radical (unpaired) electrons. The molecule has 0 fully saturated rings. The summed E-state index contributed by atoms with van der Waals surface area (Å²) in [5.41, 5.74) is 2.67. The largest absolute Gasteiger partial charge is 0.437 e. The zero-order valence-corrected chi connectivity index (χ0v) is 13.6. The maximum atomic E-state index is 13.2. The Morgan fingerprint density at radius 1 is 0.760 bits per heavy atom. The maximum Gasteiger partial charge on any atom is 0.246 e. The Bertz CT molecular complexity index is 1030. The second-order valence-electron chi connectivity index (χ2n) is 5.82. The summed E-state index contributed by atoms with van der Waals surface area (Å²) in [6, 6.07) is 21.8. The SMILES string of the molecule is Cc1ccc(Oc2nnc(-c3ccc(F)cc3)c3ccccc23)cc1. The van der Waals surface area contributed by atoms with Crippen LogP contribution in [0.15, 0.2) is 72.8 Å². The predicted molar refractivity (Wildman–Crippen MR) is 96.2 cm³/mol. The highest BCUT2D eigenvalue weighted by Crippen LogP contribution is 2.32. The van der Waals surface area contributed by atoms with E-state index in [0.717, 1.165) is 21.9 Å². The maximum absolute atomic E-state index is 13.2. The Morgan fingerprint density at radius 3 is 2.16 bits per heavy atom. The van der Waals surface area contributed by atoms with Crippen LogP contribution in [-0.2, 0) is 0 Å². The molecule has 4 heteroatoms. The van der Waals surface area contributed by atoms with Crippen molar-refractivity contribution in [3.63, 3.8) is 0 Å². The minimum absolute atomic E-state index is 0.277. The van der Waals surface area contributed by atoms with Crippen molar-refractivity contribution < 1.29 is 9.13 Å². The van der Waals surface area contributed by atoms with Crippen LogP contribution in [0.5, 0.6) is 11.6 Å². The fourth-order valence-corrected chi connectivity index (χ4v) is 2.69. The van der Waals surface area contributed by atoms with Crippen molar-refractivity contribution in [1.29, 1.82) is 0 Å². The van der Waals surface area contributed by atoms with Gasteiger partial charge < -0.3 is 4.74 Å². The van der Waals surface area contributed by atoms with E-state index < -0.39 is 0 Å². The van der Waals surface area contributed by atoms with E-state index in [1.807, 2.05) is 55.5 Å². The van der Waals surface area contributed by atoms with E-state index in [1.165, 1.54) is 12.1 Å².